The fraction of sp³-hybridized carbons (Fsp3) is 0.667. The molecule has 1 aliphatic carbocycles. The minimum atomic E-state index is -0.584. The van der Waals surface area contributed by atoms with Crippen LogP contribution < -0.4 is 0 Å². The third-order valence-corrected chi connectivity index (χ3v) is 7.82. The van der Waals surface area contributed by atoms with E-state index >= 15 is 0 Å². The van der Waals surface area contributed by atoms with Crippen molar-refractivity contribution in [2.75, 3.05) is 0 Å². The zero-order valence-corrected chi connectivity index (χ0v) is 26.2. The summed E-state index contributed by atoms with van der Waals surface area (Å²) in [4.78, 5) is 24.1. The Balaban J connectivity index is 2.22. The lowest BCUT2D eigenvalue weighted by Gasteiger charge is -2.32. The Bertz CT molecular complexity index is 879. The molecule has 1 rings (SSSR count). The standard InChI is InChI=1S/C36H58O3/c1-7-8-9-10-11-12-13-14-15-16-17-18-19-25-34(37)39-35(38)29-31(3)23-20-22-30(2)26-27-33-32(4)24-21-28-36(33,5)6/h20,22-23,26-27,29H,7-19,21,24-25,28H2,1-6H3. The summed E-state index contributed by atoms with van der Waals surface area (Å²) in [5.74, 6) is -1.01. The van der Waals surface area contributed by atoms with Gasteiger partial charge in [-0.3, -0.25) is 4.79 Å². The van der Waals surface area contributed by atoms with E-state index in [1.54, 1.807) is 0 Å². The normalized spacial score (nSPS) is 16.5. The van der Waals surface area contributed by atoms with E-state index in [1.165, 1.54) is 101 Å². The molecule has 0 radical (unpaired) electrons. The fourth-order valence-electron chi connectivity index (χ4n) is 5.35. The highest BCUT2D eigenvalue weighted by Gasteiger charge is 2.26. The number of hydrogen-bond acceptors (Lipinski definition) is 3. The van der Waals surface area contributed by atoms with Crippen molar-refractivity contribution in [3.8, 4) is 0 Å². The van der Waals surface area contributed by atoms with Gasteiger partial charge in [-0.15, -0.1) is 0 Å². The van der Waals surface area contributed by atoms with Gasteiger partial charge in [0.2, 0.25) is 0 Å². The number of hydrogen-bond donors (Lipinski definition) is 0. The molecular formula is C36H58O3. The highest BCUT2D eigenvalue weighted by molar-refractivity contribution is 5.92. The van der Waals surface area contributed by atoms with Crippen LogP contribution in [0, 0.1) is 5.41 Å². The van der Waals surface area contributed by atoms with Gasteiger partial charge in [-0.1, -0.05) is 139 Å². The summed E-state index contributed by atoms with van der Waals surface area (Å²) in [5.41, 5.74) is 5.09. The third-order valence-electron chi connectivity index (χ3n) is 7.82. The van der Waals surface area contributed by atoms with E-state index < -0.39 is 11.9 Å². The van der Waals surface area contributed by atoms with Gasteiger partial charge in [0.15, 0.2) is 0 Å². The predicted molar refractivity (Wildman–Crippen MR) is 168 cm³/mol. The molecule has 3 nitrogen and oxygen atoms in total. The maximum absolute atomic E-state index is 12.1. The van der Waals surface area contributed by atoms with Crippen LogP contribution in [0.3, 0.4) is 0 Å². The molecule has 0 heterocycles. The molecule has 39 heavy (non-hydrogen) atoms. The van der Waals surface area contributed by atoms with Crippen LogP contribution >= 0.6 is 0 Å². The van der Waals surface area contributed by atoms with Crippen LogP contribution in [-0.2, 0) is 14.3 Å². The monoisotopic (exact) mass is 538 g/mol. The lowest BCUT2D eigenvalue weighted by atomic mass is 9.72. The van der Waals surface area contributed by atoms with Crippen LogP contribution in [0.5, 0.6) is 0 Å². The largest absolute Gasteiger partial charge is 0.390 e. The first-order valence-corrected chi connectivity index (χ1v) is 15.8. The number of carbonyl (C=O) groups is 2. The molecule has 3 heteroatoms. The van der Waals surface area contributed by atoms with Gasteiger partial charge < -0.3 is 4.74 Å². The summed E-state index contributed by atoms with van der Waals surface area (Å²) in [6.07, 6.45) is 32.0. The average Bonchev–Trinajstić information content (AvgIpc) is 2.86. The van der Waals surface area contributed by atoms with E-state index in [0.717, 1.165) is 30.4 Å². The number of carbonyl (C=O) groups excluding carboxylic acids is 2. The molecule has 0 aliphatic heterocycles. The van der Waals surface area contributed by atoms with Crippen molar-refractivity contribution in [1.29, 1.82) is 0 Å². The second-order valence-corrected chi connectivity index (χ2v) is 12.2. The number of unbranched alkanes of at least 4 members (excludes halogenated alkanes) is 12. The van der Waals surface area contributed by atoms with Gasteiger partial charge in [0.05, 0.1) is 0 Å². The lowest BCUT2D eigenvalue weighted by molar-refractivity contribution is -0.156. The SMILES string of the molecule is CCCCCCCCCCCCCCCC(=O)OC(=O)C=C(C)C=CC=C(C)C=CC1=C(C)CCCC1(C)C. The molecule has 0 aromatic heterocycles. The molecule has 220 valence electrons. The van der Waals surface area contributed by atoms with Gasteiger partial charge in [0, 0.05) is 12.5 Å². The van der Waals surface area contributed by atoms with E-state index in [2.05, 4.69) is 46.8 Å². The Morgan fingerprint density at radius 2 is 1.38 bits per heavy atom. The van der Waals surface area contributed by atoms with Gasteiger partial charge in [0.1, 0.15) is 0 Å². The highest BCUT2D eigenvalue weighted by atomic mass is 16.6. The highest BCUT2D eigenvalue weighted by Crippen LogP contribution is 2.40. The molecule has 0 aromatic carbocycles. The molecule has 0 spiro atoms. The van der Waals surface area contributed by atoms with Crippen molar-refractivity contribution in [3.63, 3.8) is 0 Å². The second-order valence-electron chi connectivity index (χ2n) is 12.2. The Labute approximate surface area is 240 Å². The van der Waals surface area contributed by atoms with Gasteiger partial charge in [-0.2, -0.15) is 0 Å². The Morgan fingerprint density at radius 3 is 1.95 bits per heavy atom. The molecule has 0 amide bonds. The molecule has 0 fully saturated rings. The average molecular weight is 539 g/mol. The topological polar surface area (TPSA) is 43.4 Å². The minimum Gasteiger partial charge on any atom is -0.390 e. The fourth-order valence-corrected chi connectivity index (χ4v) is 5.35. The number of esters is 2. The van der Waals surface area contributed by atoms with E-state index in [1.807, 2.05) is 25.2 Å². The predicted octanol–water partition coefficient (Wildman–Crippen LogP) is 11.1. The van der Waals surface area contributed by atoms with Crippen molar-refractivity contribution < 1.29 is 14.3 Å². The van der Waals surface area contributed by atoms with Gasteiger partial charge in [-0.05, 0) is 63.0 Å². The summed E-state index contributed by atoms with van der Waals surface area (Å²) in [5, 5.41) is 0. The maximum Gasteiger partial charge on any atom is 0.338 e. The van der Waals surface area contributed by atoms with Gasteiger partial charge >= 0.3 is 11.9 Å². The molecule has 0 N–H and O–H groups in total. The van der Waals surface area contributed by atoms with Crippen molar-refractivity contribution in [2.45, 2.75) is 151 Å². The number of rotatable bonds is 19. The van der Waals surface area contributed by atoms with E-state index in [-0.39, 0.29) is 5.41 Å². The lowest BCUT2D eigenvalue weighted by Crippen LogP contribution is -2.19. The molecule has 1 aliphatic rings. The van der Waals surface area contributed by atoms with Crippen LogP contribution in [0.2, 0.25) is 0 Å². The quantitative estimate of drug-likeness (QED) is 0.0540. The molecular weight excluding hydrogens is 480 g/mol. The summed E-state index contributed by atoms with van der Waals surface area (Å²) < 4.78 is 4.97. The molecule has 0 atom stereocenters. The van der Waals surface area contributed by atoms with Gasteiger partial charge in [0.25, 0.3) is 0 Å². The maximum atomic E-state index is 12.1. The number of ether oxygens (including phenoxy) is 1. The van der Waals surface area contributed by atoms with E-state index in [9.17, 15) is 9.59 Å². The Kier molecular flexibility index (Phi) is 18.5. The summed E-state index contributed by atoms with van der Waals surface area (Å²) in [6.45, 7) is 13.1. The summed E-state index contributed by atoms with van der Waals surface area (Å²) >= 11 is 0. The van der Waals surface area contributed by atoms with Crippen molar-refractivity contribution in [2.24, 2.45) is 5.41 Å². The second kappa shape index (κ2) is 20.7. The zero-order chi connectivity index (χ0) is 28.9. The smallest absolute Gasteiger partial charge is 0.338 e. The van der Waals surface area contributed by atoms with E-state index in [4.69, 9.17) is 4.74 Å². The first-order chi connectivity index (χ1) is 18.7. The Morgan fingerprint density at radius 1 is 0.821 bits per heavy atom. The third kappa shape index (κ3) is 17.2. The van der Waals surface area contributed by atoms with Gasteiger partial charge in [-0.25, -0.2) is 4.79 Å². The zero-order valence-electron chi connectivity index (χ0n) is 26.2. The first kappa shape index (κ1) is 34.9. The van der Waals surface area contributed by atoms with Crippen molar-refractivity contribution in [1.82, 2.24) is 0 Å². The van der Waals surface area contributed by atoms with Crippen molar-refractivity contribution >= 4 is 11.9 Å². The molecule has 0 saturated carbocycles. The molecule has 0 aromatic rings. The Hall–Kier alpha value is -2.16. The minimum absolute atomic E-state index is 0.235. The molecule has 0 bridgehead atoms. The molecule has 0 saturated heterocycles. The molecule has 0 unspecified atom stereocenters. The van der Waals surface area contributed by atoms with Crippen molar-refractivity contribution in [3.05, 3.63) is 58.7 Å². The van der Waals surface area contributed by atoms with Crippen LogP contribution in [0.15, 0.2) is 58.7 Å². The van der Waals surface area contributed by atoms with Crippen LogP contribution in [0.1, 0.15) is 151 Å². The van der Waals surface area contributed by atoms with Crippen LogP contribution in [-0.4, -0.2) is 11.9 Å². The summed E-state index contributed by atoms with van der Waals surface area (Å²) in [7, 11) is 0. The first-order valence-electron chi connectivity index (χ1n) is 15.8. The van der Waals surface area contributed by atoms with E-state index in [0.29, 0.717) is 6.42 Å². The van der Waals surface area contributed by atoms with Crippen LogP contribution in [0.4, 0.5) is 0 Å². The number of allylic oxidation sites excluding steroid dienone is 9. The summed E-state index contributed by atoms with van der Waals surface area (Å²) in [6, 6.07) is 0. The van der Waals surface area contributed by atoms with Crippen LogP contribution in [0.25, 0.3) is 0 Å².